The van der Waals surface area contributed by atoms with Gasteiger partial charge in [0.2, 0.25) is 0 Å². The molecule has 90 valence electrons. The number of hydrogen-bond acceptors (Lipinski definition) is 2. The molecule has 2 aromatic rings. The highest BCUT2D eigenvalue weighted by Gasteiger charge is 2.25. The van der Waals surface area contributed by atoms with Crippen molar-refractivity contribution in [3.63, 3.8) is 0 Å². The van der Waals surface area contributed by atoms with Crippen molar-refractivity contribution < 1.29 is 4.79 Å². The Hall–Kier alpha value is -1.94. The van der Waals surface area contributed by atoms with Crippen LogP contribution in [-0.2, 0) is 6.42 Å². The lowest BCUT2D eigenvalue weighted by Crippen LogP contribution is -2.29. The summed E-state index contributed by atoms with van der Waals surface area (Å²) >= 11 is 5.16. The van der Waals surface area contributed by atoms with Crippen LogP contribution in [0.1, 0.15) is 15.9 Å². The molecule has 0 aliphatic carbocycles. The van der Waals surface area contributed by atoms with Crippen LogP contribution in [0.4, 0.5) is 5.69 Å². The molecule has 1 aliphatic rings. The smallest absolute Gasteiger partial charge is 0.261 e. The van der Waals surface area contributed by atoms with Gasteiger partial charge < -0.3 is 9.88 Å². The molecule has 1 aromatic heterocycles. The number of carbonyl (C=O) groups is 1. The van der Waals surface area contributed by atoms with Crippen LogP contribution < -0.4 is 4.90 Å². The van der Waals surface area contributed by atoms with Crippen LogP contribution >= 0.6 is 12.2 Å². The number of H-pyrrole nitrogens is 1. The van der Waals surface area contributed by atoms with Gasteiger partial charge in [0.15, 0.2) is 0 Å². The van der Waals surface area contributed by atoms with E-state index in [-0.39, 0.29) is 5.91 Å². The van der Waals surface area contributed by atoms with Crippen LogP contribution in [0.5, 0.6) is 0 Å². The first-order valence-corrected chi connectivity index (χ1v) is 6.25. The molecule has 18 heavy (non-hydrogen) atoms. The van der Waals surface area contributed by atoms with Crippen molar-refractivity contribution in [3.05, 3.63) is 58.4 Å². The Bertz CT molecular complexity index is 663. The SMILES string of the molecule is O=C(c1ccc[nH]c1=S)N1CCc2ccccc21. The highest BCUT2D eigenvalue weighted by molar-refractivity contribution is 7.71. The largest absolute Gasteiger partial charge is 0.352 e. The monoisotopic (exact) mass is 256 g/mol. The molecule has 0 spiro atoms. The van der Waals surface area contributed by atoms with Crippen molar-refractivity contribution in [1.29, 1.82) is 0 Å². The zero-order chi connectivity index (χ0) is 12.5. The van der Waals surface area contributed by atoms with E-state index in [1.54, 1.807) is 23.2 Å². The third kappa shape index (κ3) is 1.75. The molecule has 4 heteroatoms. The van der Waals surface area contributed by atoms with Crippen molar-refractivity contribution in [2.75, 3.05) is 11.4 Å². The molecule has 0 unspecified atom stereocenters. The Balaban J connectivity index is 2.01. The molecule has 1 aliphatic heterocycles. The Morgan fingerprint density at radius 1 is 1.22 bits per heavy atom. The number of para-hydroxylation sites is 1. The van der Waals surface area contributed by atoms with Crippen LogP contribution in [0.2, 0.25) is 0 Å². The van der Waals surface area contributed by atoms with E-state index in [2.05, 4.69) is 11.1 Å². The van der Waals surface area contributed by atoms with Gasteiger partial charge in [0.25, 0.3) is 5.91 Å². The summed E-state index contributed by atoms with van der Waals surface area (Å²) < 4.78 is 0.492. The zero-order valence-corrected chi connectivity index (χ0v) is 10.5. The van der Waals surface area contributed by atoms with Gasteiger partial charge in [-0.05, 0) is 30.2 Å². The third-order valence-corrected chi connectivity index (χ3v) is 3.52. The molecular formula is C14H12N2OS. The molecule has 1 amide bonds. The molecule has 0 radical (unpaired) electrons. The summed E-state index contributed by atoms with van der Waals surface area (Å²) in [5, 5.41) is 0. The van der Waals surface area contributed by atoms with Crippen LogP contribution in [-0.4, -0.2) is 17.4 Å². The third-order valence-electron chi connectivity index (χ3n) is 3.18. The van der Waals surface area contributed by atoms with Gasteiger partial charge in [-0.2, -0.15) is 0 Å². The second-order valence-electron chi connectivity index (χ2n) is 4.25. The molecule has 0 bridgehead atoms. The summed E-state index contributed by atoms with van der Waals surface area (Å²) in [7, 11) is 0. The minimum atomic E-state index is -0.0261. The van der Waals surface area contributed by atoms with Crippen molar-refractivity contribution in [1.82, 2.24) is 4.98 Å². The van der Waals surface area contributed by atoms with Crippen molar-refractivity contribution in [2.45, 2.75) is 6.42 Å². The number of amides is 1. The average Bonchev–Trinajstić information content (AvgIpc) is 2.82. The molecule has 0 saturated carbocycles. The maximum atomic E-state index is 12.5. The number of anilines is 1. The molecule has 1 aromatic carbocycles. The van der Waals surface area contributed by atoms with E-state index in [4.69, 9.17) is 12.2 Å². The fraction of sp³-hybridized carbons (Fsp3) is 0.143. The summed E-state index contributed by atoms with van der Waals surface area (Å²) in [6, 6.07) is 11.6. The van der Waals surface area contributed by atoms with E-state index in [1.165, 1.54) is 5.56 Å². The van der Waals surface area contributed by atoms with Gasteiger partial charge in [-0.1, -0.05) is 30.4 Å². The lowest BCUT2D eigenvalue weighted by Gasteiger charge is -2.17. The number of fused-ring (bicyclic) bond motifs is 1. The Labute approximate surface area is 110 Å². The quantitative estimate of drug-likeness (QED) is 0.796. The predicted molar refractivity (Wildman–Crippen MR) is 73.4 cm³/mol. The van der Waals surface area contributed by atoms with Crippen LogP contribution in [0.3, 0.4) is 0 Å². The zero-order valence-electron chi connectivity index (χ0n) is 9.72. The normalized spacial score (nSPS) is 13.4. The van der Waals surface area contributed by atoms with E-state index >= 15 is 0 Å². The summed E-state index contributed by atoms with van der Waals surface area (Å²) in [5.74, 6) is -0.0261. The van der Waals surface area contributed by atoms with Crippen LogP contribution in [0.25, 0.3) is 0 Å². The second kappa shape index (κ2) is 4.38. The number of aromatic amines is 1. The number of aromatic nitrogens is 1. The summed E-state index contributed by atoms with van der Waals surface area (Å²) in [5.41, 5.74) is 2.78. The highest BCUT2D eigenvalue weighted by atomic mass is 32.1. The Kier molecular flexibility index (Phi) is 2.72. The Morgan fingerprint density at radius 3 is 2.89 bits per heavy atom. The first-order valence-electron chi connectivity index (χ1n) is 5.85. The average molecular weight is 256 g/mol. The summed E-state index contributed by atoms with van der Waals surface area (Å²) in [6.07, 6.45) is 2.64. The van der Waals surface area contributed by atoms with Gasteiger partial charge in [0.05, 0.1) is 5.56 Å². The molecule has 3 rings (SSSR count). The lowest BCUT2D eigenvalue weighted by atomic mass is 10.2. The van der Waals surface area contributed by atoms with Crippen LogP contribution in [0, 0.1) is 4.64 Å². The second-order valence-corrected chi connectivity index (χ2v) is 4.66. The predicted octanol–water partition coefficient (Wildman–Crippen LogP) is 2.95. The standard InChI is InChI=1S/C14H12N2OS/c17-14(11-5-3-8-15-13(11)18)16-9-7-10-4-1-2-6-12(10)16/h1-6,8H,7,9H2,(H,15,18). The molecule has 0 fully saturated rings. The van der Waals surface area contributed by atoms with Gasteiger partial charge in [0.1, 0.15) is 4.64 Å². The maximum Gasteiger partial charge on any atom is 0.261 e. The maximum absolute atomic E-state index is 12.5. The van der Waals surface area contributed by atoms with Gasteiger partial charge in [-0.25, -0.2) is 0 Å². The number of rotatable bonds is 1. The number of carbonyl (C=O) groups excluding carboxylic acids is 1. The number of nitrogens with one attached hydrogen (secondary N) is 1. The number of hydrogen-bond donors (Lipinski definition) is 1. The molecule has 0 saturated heterocycles. The molecule has 3 nitrogen and oxygen atoms in total. The van der Waals surface area contributed by atoms with Gasteiger partial charge in [0, 0.05) is 18.4 Å². The summed E-state index contributed by atoms with van der Waals surface area (Å²) in [6.45, 7) is 0.724. The minimum Gasteiger partial charge on any atom is -0.352 e. The first kappa shape index (κ1) is 11.2. The molecule has 0 atom stereocenters. The number of pyridine rings is 1. The van der Waals surface area contributed by atoms with E-state index < -0.39 is 0 Å². The van der Waals surface area contributed by atoms with Crippen molar-refractivity contribution in [3.8, 4) is 0 Å². The van der Waals surface area contributed by atoms with Gasteiger partial charge in [-0.15, -0.1) is 0 Å². The topological polar surface area (TPSA) is 36.1 Å². The molecule has 1 N–H and O–H groups in total. The number of nitrogens with zero attached hydrogens (tertiary/aromatic N) is 1. The fourth-order valence-electron chi connectivity index (χ4n) is 2.28. The highest BCUT2D eigenvalue weighted by Crippen LogP contribution is 2.28. The first-order chi connectivity index (χ1) is 8.77. The number of benzene rings is 1. The van der Waals surface area contributed by atoms with Crippen molar-refractivity contribution in [2.24, 2.45) is 0 Å². The van der Waals surface area contributed by atoms with Gasteiger partial charge >= 0.3 is 0 Å². The van der Waals surface area contributed by atoms with E-state index in [0.29, 0.717) is 10.2 Å². The van der Waals surface area contributed by atoms with Gasteiger partial charge in [-0.3, -0.25) is 4.79 Å². The Morgan fingerprint density at radius 2 is 2.06 bits per heavy atom. The lowest BCUT2D eigenvalue weighted by molar-refractivity contribution is 0.0988. The summed E-state index contributed by atoms with van der Waals surface area (Å²) in [4.78, 5) is 17.2. The minimum absolute atomic E-state index is 0.0261. The van der Waals surface area contributed by atoms with E-state index in [1.807, 2.05) is 18.2 Å². The van der Waals surface area contributed by atoms with Crippen LogP contribution in [0.15, 0.2) is 42.6 Å². The van der Waals surface area contributed by atoms with E-state index in [0.717, 1.165) is 18.7 Å². The molecule has 2 heterocycles. The van der Waals surface area contributed by atoms with Crippen molar-refractivity contribution >= 4 is 23.8 Å². The molecular weight excluding hydrogens is 244 g/mol. The fourth-order valence-corrected chi connectivity index (χ4v) is 2.51. The van der Waals surface area contributed by atoms with E-state index in [9.17, 15) is 4.79 Å².